The third kappa shape index (κ3) is 3.26. The summed E-state index contributed by atoms with van der Waals surface area (Å²) in [6, 6.07) is 21.7. The smallest absolute Gasteiger partial charge is 0.0880 e. The van der Waals surface area contributed by atoms with E-state index >= 15 is 0 Å². The van der Waals surface area contributed by atoms with Gasteiger partial charge in [0.1, 0.15) is 0 Å². The lowest BCUT2D eigenvalue weighted by atomic mass is 9.80. The van der Waals surface area contributed by atoms with Crippen LogP contribution in [0, 0.1) is 5.92 Å². The van der Waals surface area contributed by atoms with Gasteiger partial charge in [-0.3, -0.25) is 0 Å². The SMILES string of the molecule is OC(Cc1ccccc1)(Cc1ccccc1)[C@@H]1C[C@H]2CCC[C@H]2N1. The highest BCUT2D eigenvalue weighted by atomic mass is 16.3. The maximum absolute atomic E-state index is 11.7. The predicted molar refractivity (Wildman–Crippen MR) is 97.9 cm³/mol. The number of hydrogen-bond acceptors (Lipinski definition) is 2. The van der Waals surface area contributed by atoms with E-state index in [-0.39, 0.29) is 6.04 Å². The Morgan fingerprint density at radius 2 is 1.46 bits per heavy atom. The molecule has 2 aliphatic rings. The first-order valence-corrected chi connectivity index (χ1v) is 9.29. The monoisotopic (exact) mass is 321 g/mol. The Hall–Kier alpha value is -1.64. The molecule has 0 radical (unpaired) electrons. The molecule has 24 heavy (non-hydrogen) atoms. The molecule has 1 saturated heterocycles. The van der Waals surface area contributed by atoms with Gasteiger partial charge in [0, 0.05) is 24.9 Å². The summed E-state index contributed by atoms with van der Waals surface area (Å²) in [5, 5.41) is 15.5. The standard InChI is InChI=1S/C22H27NO/c24-22(15-17-8-3-1-4-9-17,16-18-10-5-2-6-11-18)21-14-19-12-7-13-20(19)23-21/h1-6,8-11,19-21,23-24H,7,12-16H2/t19-,20-,21+/m1/s1. The van der Waals surface area contributed by atoms with E-state index in [1.54, 1.807) is 0 Å². The minimum Gasteiger partial charge on any atom is -0.388 e. The van der Waals surface area contributed by atoms with Gasteiger partial charge in [-0.2, -0.15) is 0 Å². The lowest BCUT2D eigenvalue weighted by molar-refractivity contribution is 0.00512. The largest absolute Gasteiger partial charge is 0.388 e. The summed E-state index contributed by atoms with van der Waals surface area (Å²) in [6.45, 7) is 0. The van der Waals surface area contributed by atoms with Gasteiger partial charge in [-0.1, -0.05) is 67.1 Å². The Morgan fingerprint density at radius 3 is 2.00 bits per heavy atom. The van der Waals surface area contributed by atoms with Crippen LogP contribution in [0.2, 0.25) is 0 Å². The lowest BCUT2D eigenvalue weighted by Gasteiger charge is -2.35. The Balaban J connectivity index is 1.59. The quantitative estimate of drug-likeness (QED) is 0.879. The molecule has 1 aliphatic carbocycles. The third-order valence-corrected chi connectivity index (χ3v) is 5.97. The summed E-state index contributed by atoms with van der Waals surface area (Å²) in [5.41, 5.74) is 1.71. The second kappa shape index (κ2) is 6.70. The molecular weight excluding hydrogens is 294 g/mol. The summed E-state index contributed by atoms with van der Waals surface area (Å²) >= 11 is 0. The Bertz CT molecular complexity index is 601. The van der Waals surface area contributed by atoms with E-state index in [1.165, 1.54) is 30.4 Å². The normalized spacial score (nSPS) is 26.5. The summed E-state index contributed by atoms with van der Waals surface area (Å²) in [7, 11) is 0. The van der Waals surface area contributed by atoms with E-state index in [1.807, 2.05) is 12.1 Å². The van der Waals surface area contributed by atoms with E-state index in [2.05, 4.69) is 53.8 Å². The van der Waals surface area contributed by atoms with Crippen molar-refractivity contribution < 1.29 is 5.11 Å². The fourth-order valence-corrected chi connectivity index (χ4v) is 4.75. The van der Waals surface area contributed by atoms with Gasteiger partial charge in [0.2, 0.25) is 0 Å². The molecule has 0 bridgehead atoms. The minimum absolute atomic E-state index is 0.188. The van der Waals surface area contributed by atoms with Gasteiger partial charge in [0.15, 0.2) is 0 Å². The highest BCUT2D eigenvalue weighted by molar-refractivity contribution is 5.24. The van der Waals surface area contributed by atoms with E-state index in [0.717, 1.165) is 12.3 Å². The zero-order chi connectivity index (χ0) is 16.4. The van der Waals surface area contributed by atoms with Crippen LogP contribution in [0.4, 0.5) is 0 Å². The molecule has 1 saturated carbocycles. The summed E-state index contributed by atoms with van der Waals surface area (Å²) in [5.74, 6) is 0.757. The van der Waals surface area contributed by atoms with Gasteiger partial charge in [-0.15, -0.1) is 0 Å². The number of benzene rings is 2. The Kier molecular flexibility index (Phi) is 4.43. The van der Waals surface area contributed by atoms with Crippen molar-refractivity contribution in [1.82, 2.24) is 5.32 Å². The second-order valence-electron chi connectivity index (χ2n) is 7.68. The van der Waals surface area contributed by atoms with Gasteiger partial charge < -0.3 is 10.4 Å². The van der Waals surface area contributed by atoms with Crippen LogP contribution in [-0.4, -0.2) is 22.8 Å². The van der Waals surface area contributed by atoms with Gasteiger partial charge >= 0.3 is 0 Å². The van der Waals surface area contributed by atoms with Crippen LogP contribution >= 0.6 is 0 Å². The van der Waals surface area contributed by atoms with Gasteiger partial charge in [0.25, 0.3) is 0 Å². The Labute approximate surface area is 144 Å². The molecule has 0 amide bonds. The van der Waals surface area contributed by atoms with Crippen LogP contribution < -0.4 is 5.32 Å². The molecule has 2 fully saturated rings. The van der Waals surface area contributed by atoms with Crippen molar-refractivity contribution in [2.24, 2.45) is 5.92 Å². The fraction of sp³-hybridized carbons (Fsp3) is 0.455. The van der Waals surface area contributed by atoms with Crippen LogP contribution in [0.15, 0.2) is 60.7 Å². The number of rotatable bonds is 5. The zero-order valence-corrected chi connectivity index (χ0v) is 14.2. The second-order valence-corrected chi connectivity index (χ2v) is 7.68. The number of nitrogens with one attached hydrogen (secondary N) is 1. The summed E-state index contributed by atoms with van der Waals surface area (Å²) in [6.07, 6.45) is 6.46. The molecular formula is C22H27NO. The van der Waals surface area contributed by atoms with E-state index < -0.39 is 5.60 Å². The first kappa shape index (κ1) is 15.9. The molecule has 0 aromatic heterocycles. The molecule has 0 spiro atoms. The van der Waals surface area contributed by atoms with Gasteiger partial charge in [-0.25, -0.2) is 0 Å². The minimum atomic E-state index is -0.729. The van der Waals surface area contributed by atoms with Crippen LogP contribution in [0.5, 0.6) is 0 Å². The molecule has 2 N–H and O–H groups in total. The van der Waals surface area contributed by atoms with E-state index in [4.69, 9.17) is 0 Å². The molecule has 126 valence electrons. The van der Waals surface area contributed by atoms with Crippen LogP contribution in [-0.2, 0) is 12.8 Å². The lowest BCUT2D eigenvalue weighted by Crippen LogP contribution is -2.52. The average molecular weight is 321 g/mol. The highest BCUT2D eigenvalue weighted by Gasteiger charge is 2.46. The molecule has 1 heterocycles. The van der Waals surface area contributed by atoms with Crippen molar-refractivity contribution in [2.45, 2.75) is 56.2 Å². The highest BCUT2D eigenvalue weighted by Crippen LogP contribution is 2.39. The first-order valence-electron chi connectivity index (χ1n) is 9.29. The van der Waals surface area contributed by atoms with Crippen molar-refractivity contribution in [3.05, 3.63) is 71.8 Å². The molecule has 3 atom stereocenters. The first-order chi connectivity index (χ1) is 11.7. The number of aliphatic hydroxyl groups is 1. The maximum Gasteiger partial charge on any atom is 0.0880 e. The van der Waals surface area contributed by atoms with Crippen molar-refractivity contribution in [3.8, 4) is 0 Å². The topological polar surface area (TPSA) is 32.3 Å². The predicted octanol–water partition coefficient (Wildman–Crippen LogP) is 3.73. The van der Waals surface area contributed by atoms with Crippen molar-refractivity contribution in [2.75, 3.05) is 0 Å². The molecule has 2 aromatic carbocycles. The molecule has 1 aliphatic heterocycles. The molecule has 0 unspecified atom stereocenters. The molecule has 4 rings (SSSR count). The number of hydrogen-bond donors (Lipinski definition) is 2. The average Bonchev–Trinajstić information content (AvgIpc) is 3.18. The van der Waals surface area contributed by atoms with Crippen LogP contribution in [0.3, 0.4) is 0 Å². The van der Waals surface area contributed by atoms with Gasteiger partial charge in [0.05, 0.1) is 5.60 Å². The Morgan fingerprint density at radius 1 is 0.875 bits per heavy atom. The van der Waals surface area contributed by atoms with Crippen molar-refractivity contribution in [1.29, 1.82) is 0 Å². The molecule has 2 nitrogen and oxygen atoms in total. The van der Waals surface area contributed by atoms with Crippen LogP contribution in [0.1, 0.15) is 36.8 Å². The zero-order valence-electron chi connectivity index (χ0n) is 14.2. The van der Waals surface area contributed by atoms with Crippen molar-refractivity contribution >= 4 is 0 Å². The number of fused-ring (bicyclic) bond motifs is 1. The molecule has 2 heteroatoms. The van der Waals surface area contributed by atoms with E-state index in [9.17, 15) is 5.11 Å². The van der Waals surface area contributed by atoms with E-state index in [0.29, 0.717) is 18.9 Å². The van der Waals surface area contributed by atoms with Crippen molar-refractivity contribution in [3.63, 3.8) is 0 Å². The molecule has 2 aromatic rings. The summed E-state index contributed by atoms with van der Waals surface area (Å²) in [4.78, 5) is 0. The fourth-order valence-electron chi connectivity index (χ4n) is 4.75. The van der Waals surface area contributed by atoms with Gasteiger partial charge in [-0.05, 0) is 36.3 Å². The maximum atomic E-state index is 11.7. The van der Waals surface area contributed by atoms with Crippen LogP contribution in [0.25, 0.3) is 0 Å². The summed E-state index contributed by atoms with van der Waals surface area (Å²) < 4.78 is 0. The third-order valence-electron chi connectivity index (χ3n) is 5.97.